The molecule has 1 heterocycles. The number of aliphatic carboxylic acids is 1. The fourth-order valence-electron chi connectivity index (χ4n) is 2.13. The van der Waals surface area contributed by atoms with Crippen LogP contribution in [-0.2, 0) is 16.1 Å². The molecule has 0 aliphatic carbocycles. The van der Waals surface area contributed by atoms with E-state index in [0.717, 1.165) is 11.4 Å². The lowest BCUT2D eigenvalue weighted by molar-refractivity contribution is -0.139. The highest BCUT2D eigenvalue weighted by molar-refractivity contribution is 5.77. The lowest BCUT2D eigenvalue weighted by Crippen LogP contribution is -2.38. The van der Waals surface area contributed by atoms with Gasteiger partial charge in [-0.1, -0.05) is 0 Å². The van der Waals surface area contributed by atoms with Crippen LogP contribution in [-0.4, -0.2) is 44.3 Å². The molecule has 0 aliphatic rings. The van der Waals surface area contributed by atoms with Crippen molar-refractivity contribution in [2.45, 2.75) is 53.1 Å². The van der Waals surface area contributed by atoms with Crippen LogP contribution < -0.4 is 0 Å². The van der Waals surface area contributed by atoms with Crippen LogP contribution >= 0.6 is 0 Å². The third-order valence-corrected chi connectivity index (χ3v) is 3.15. The molecule has 1 N–H and O–H groups in total. The Hall–Kier alpha value is -1.85. The van der Waals surface area contributed by atoms with Crippen LogP contribution in [0.2, 0.25) is 0 Å². The molecule has 0 radical (unpaired) electrons. The summed E-state index contributed by atoms with van der Waals surface area (Å²) in [6.07, 6.45) is 0.309. The average molecular weight is 281 g/mol. The maximum Gasteiger partial charge on any atom is 0.305 e. The molecular weight excluding hydrogens is 258 g/mol. The maximum absolute atomic E-state index is 12.2. The molecule has 0 bridgehead atoms. The Labute approximate surface area is 119 Å². The Balaban J connectivity index is 2.58. The largest absolute Gasteiger partial charge is 0.481 e. The van der Waals surface area contributed by atoms with Gasteiger partial charge in [-0.05, 0) is 33.8 Å². The summed E-state index contributed by atoms with van der Waals surface area (Å²) in [7, 11) is 0. The van der Waals surface area contributed by atoms with E-state index in [-0.39, 0.29) is 24.9 Å². The van der Waals surface area contributed by atoms with Gasteiger partial charge >= 0.3 is 5.97 Å². The molecule has 6 nitrogen and oxygen atoms in total. The van der Waals surface area contributed by atoms with Crippen molar-refractivity contribution in [3.8, 4) is 0 Å². The third-order valence-electron chi connectivity index (χ3n) is 3.15. The molecule has 0 aromatic carbocycles. The Bertz CT molecular complexity index is 480. The molecule has 0 saturated carbocycles. The van der Waals surface area contributed by atoms with Gasteiger partial charge in [0.2, 0.25) is 5.91 Å². The number of carbonyl (C=O) groups excluding carboxylic acids is 1. The molecule has 1 amide bonds. The lowest BCUT2D eigenvalue weighted by atomic mass is 10.2. The van der Waals surface area contributed by atoms with Gasteiger partial charge in [0.1, 0.15) is 0 Å². The van der Waals surface area contributed by atoms with Crippen LogP contribution in [0.1, 0.15) is 38.1 Å². The van der Waals surface area contributed by atoms with Gasteiger partial charge in [0.25, 0.3) is 0 Å². The summed E-state index contributed by atoms with van der Waals surface area (Å²) < 4.78 is 1.81. The van der Waals surface area contributed by atoms with E-state index >= 15 is 0 Å². The number of aryl methyl sites for hydroxylation is 3. The van der Waals surface area contributed by atoms with Crippen LogP contribution in [0.15, 0.2) is 6.07 Å². The third kappa shape index (κ3) is 4.68. The lowest BCUT2D eigenvalue weighted by Gasteiger charge is -2.26. The molecule has 6 heteroatoms. The molecular formula is C14H23N3O3. The molecule has 1 rings (SSSR count). The number of hydrogen-bond donors (Lipinski definition) is 1. The van der Waals surface area contributed by atoms with E-state index < -0.39 is 5.97 Å². The maximum atomic E-state index is 12.2. The van der Waals surface area contributed by atoms with Gasteiger partial charge in [0.05, 0.1) is 12.1 Å². The minimum Gasteiger partial charge on any atom is -0.481 e. The van der Waals surface area contributed by atoms with E-state index in [4.69, 9.17) is 5.11 Å². The van der Waals surface area contributed by atoms with Crippen molar-refractivity contribution in [3.63, 3.8) is 0 Å². The highest BCUT2D eigenvalue weighted by Gasteiger charge is 2.18. The van der Waals surface area contributed by atoms with Crippen molar-refractivity contribution in [1.29, 1.82) is 0 Å². The van der Waals surface area contributed by atoms with E-state index in [2.05, 4.69) is 5.10 Å². The van der Waals surface area contributed by atoms with Crippen molar-refractivity contribution in [3.05, 3.63) is 17.5 Å². The predicted molar refractivity (Wildman–Crippen MR) is 75.4 cm³/mol. The van der Waals surface area contributed by atoms with Crippen molar-refractivity contribution < 1.29 is 14.7 Å². The minimum absolute atomic E-state index is 0.00213. The summed E-state index contributed by atoms with van der Waals surface area (Å²) in [5, 5.41) is 13.0. The molecule has 20 heavy (non-hydrogen) atoms. The van der Waals surface area contributed by atoms with Crippen LogP contribution in [0, 0.1) is 13.8 Å². The standard InChI is InChI=1S/C14H23N3O3/c1-10(2)16(7-6-14(19)20)13(18)5-8-17-12(4)9-11(3)15-17/h9-10H,5-8H2,1-4H3,(H,19,20). The summed E-state index contributed by atoms with van der Waals surface area (Å²) >= 11 is 0. The Morgan fingerprint density at radius 1 is 1.35 bits per heavy atom. The molecule has 1 aromatic heterocycles. The van der Waals surface area contributed by atoms with Gasteiger partial charge in [0, 0.05) is 31.2 Å². The van der Waals surface area contributed by atoms with Crippen molar-refractivity contribution >= 4 is 11.9 Å². The predicted octanol–water partition coefficient (Wildman–Crippen LogP) is 1.60. The second-order valence-electron chi connectivity index (χ2n) is 5.22. The first-order chi connectivity index (χ1) is 9.31. The van der Waals surface area contributed by atoms with Gasteiger partial charge in [-0.2, -0.15) is 5.10 Å². The average Bonchev–Trinajstić information content (AvgIpc) is 2.64. The number of aromatic nitrogens is 2. The zero-order chi connectivity index (χ0) is 15.3. The molecule has 0 spiro atoms. The fraction of sp³-hybridized carbons (Fsp3) is 0.643. The van der Waals surface area contributed by atoms with E-state index in [1.165, 1.54) is 0 Å². The van der Waals surface area contributed by atoms with E-state index in [9.17, 15) is 9.59 Å². The second kappa shape index (κ2) is 7.07. The Morgan fingerprint density at radius 3 is 2.45 bits per heavy atom. The molecule has 0 saturated heterocycles. The number of rotatable bonds is 7. The van der Waals surface area contributed by atoms with Gasteiger partial charge in [-0.15, -0.1) is 0 Å². The smallest absolute Gasteiger partial charge is 0.305 e. The number of nitrogens with zero attached hydrogens (tertiary/aromatic N) is 3. The molecule has 112 valence electrons. The quantitative estimate of drug-likeness (QED) is 0.823. The number of hydrogen-bond acceptors (Lipinski definition) is 3. The fourth-order valence-corrected chi connectivity index (χ4v) is 2.13. The number of carboxylic acid groups (broad SMARTS) is 1. The zero-order valence-corrected chi connectivity index (χ0v) is 12.6. The summed E-state index contributed by atoms with van der Waals surface area (Å²) in [4.78, 5) is 24.4. The summed E-state index contributed by atoms with van der Waals surface area (Å²) in [6.45, 7) is 8.43. The summed E-state index contributed by atoms with van der Waals surface area (Å²) in [6, 6.07) is 1.97. The highest BCUT2D eigenvalue weighted by Crippen LogP contribution is 2.07. The van der Waals surface area contributed by atoms with E-state index in [0.29, 0.717) is 13.0 Å². The number of carbonyl (C=O) groups is 2. The first-order valence-corrected chi connectivity index (χ1v) is 6.83. The van der Waals surface area contributed by atoms with Gasteiger partial charge in [-0.3, -0.25) is 14.3 Å². The summed E-state index contributed by atoms with van der Waals surface area (Å²) in [5.41, 5.74) is 1.96. The monoisotopic (exact) mass is 281 g/mol. The first-order valence-electron chi connectivity index (χ1n) is 6.83. The molecule has 0 atom stereocenters. The highest BCUT2D eigenvalue weighted by atomic mass is 16.4. The minimum atomic E-state index is -0.887. The zero-order valence-electron chi connectivity index (χ0n) is 12.6. The van der Waals surface area contributed by atoms with Gasteiger partial charge in [0.15, 0.2) is 0 Å². The van der Waals surface area contributed by atoms with Gasteiger partial charge in [-0.25, -0.2) is 0 Å². The normalized spacial score (nSPS) is 10.8. The van der Waals surface area contributed by atoms with Crippen molar-refractivity contribution in [2.24, 2.45) is 0 Å². The van der Waals surface area contributed by atoms with Crippen LogP contribution in [0.5, 0.6) is 0 Å². The Kier molecular flexibility index (Phi) is 5.73. The molecule has 1 aromatic rings. The number of amides is 1. The molecule has 0 aliphatic heterocycles. The topological polar surface area (TPSA) is 75.4 Å². The first kappa shape index (κ1) is 16.2. The SMILES string of the molecule is Cc1cc(C)n(CCC(=O)N(CCC(=O)O)C(C)C)n1. The van der Waals surface area contributed by atoms with E-state index in [1.807, 2.05) is 38.4 Å². The Morgan fingerprint density at radius 2 is 2.00 bits per heavy atom. The second-order valence-corrected chi connectivity index (χ2v) is 5.22. The number of carboxylic acids is 1. The molecule has 0 fully saturated rings. The van der Waals surface area contributed by atoms with Crippen LogP contribution in [0.4, 0.5) is 0 Å². The van der Waals surface area contributed by atoms with Crippen molar-refractivity contribution in [1.82, 2.24) is 14.7 Å². The summed E-state index contributed by atoms with van der Waals surface area (Å²) in [5.74, 6) is -0.921. The van der Waals surface area contributed by atoms with Crippen LogP contribution in [0.3, 0.4) is 0 Å². The van der Waals surface area contributed by atoms with E-state index in [1.54, 1.807) is 4.90 Å². The van der Waals surface area contributed by atoms with Crippen LogP contribution in [0.25, 0.3) is 0 Å². The molecule has 0 unspecified atom stereocenters. The van der Waals surface area contributed by atoms with Gasteiger partial charge < -0.3 is 10.0 Å². The van der Waals surface area contributed by atoms with Crippen molar-refractivity contribution in [2.75, 3.05) is 6.54 Å².